The number of anilines is 1. The summed E-state index contributed by atoms with van der Waals surface area (Å²) in [4.78, 5) is 9.17. The molecule has 7 heteroatoms. The second-order valence-electron chi connectivity index (χ2n) is 7.97. The van der Waals surface area contributed by atoms with Crippen molar-refractivity contribution in [2.45, 2.75) is 51.1 Å². The number of nitrogens with two attached hydrogens (primary N) is 1. The third-order valence-electron chi connectivity index (χ3n) is 6.09. The van der Waals surface area contributed by atoms with E-state index in [1.807, 2.05) is 6.07 Å². The molecule has 0 saturated carbocycles. The zero-order valence-corrected chi connectivity index (χ0v) is 16.3. The third kappa shape index (κ3) is 4.30. The number of hydrogen-bond donors (Lipinski definition) is 1. The summed E-state index contributed by atoms with van der Waals surface area (Å²) in [5.41, 5.74) is 7.12. The van der Waals surface area contributed by atoms with Crippen LogP contribution in [0.15, 0.2) is 18.3 Å². The minimum Gasteiger partial charge on any atom is -0.383 e. The smallest absolute Gasteiger partial charge is 0.146 e. The molecule has 7 nitrogen and oxygen atoms in total. The summed E-state index contributed by atoms with van der Waals surface area (Å²) < 4.78 is 2.24. The van der Waals surface area contributed by atoms with Gasteiger partial charge < -0.3 is 10.3 Å². The SMILES string of the molecule is Cn1c(CN2CCCCC2)nnc1C1CCN(Cc2cccnc2N)CC1. The van der Waals surface area contributed by atoms with Crippen molar-refractivity contribution in [3.05, 3.63) is 35.5 Å². The van der Waals surface area contributed by atoms with Crippen LogP contribution in [0.4, 0.5) is 5.82 Å². The van der Waals surface area contributed by atoms with E-state index in [1.165, 1.54) is 32.4 Å². The molecule has 0 aromatic carbocycles. The van der Waals surface area contributed by atoms with E-state index in [4.69, 9.17) is 5.73 Å². The Bertz CT molecular complexity index is 743. The van der Waals surface area contributed by atoms with Crippen LogP contribution >= 0.6 is 0 Å². The third-order valence-corrected chi connectivity index (χ3v) is 6.09. The van der Waals surface area contributed by atoms with Gasteiger partial charge in [0.1, 0.15) is 17.5 Å². The van der Waals surface area contributed by atoms with Crippen LogP contribution in [0.3, 0.4) is 0 Å². The van der Waals surface area contributed by atoms with E-state index in [0.717, 1.165) is 56.2 Å². The zero-order chi connectivity index (χ0) is 18.6. The van der Waals surface area contributed by atoms with Gasteiger partial charge in [0.25, 0.3) is 0 Å². The molecule has 0 radical (unpaired) electrons. The molecule has 146 valence electrons. The number of nitrogen functional groups attached to an aromatic ring is 1. The molecule has 0 bridgehead atoms. The van der Waals surface area contributed by atoms with E-state index >= 15 is 0 Å². The molecule has 4 rings (SSSR count). The Balaban J connectivity index is 1.33. The lowest BCUT2D eigenvalue weighted by Crippen LogP contribution is -2.33. The van der Waals surface area contributed by atoms with Crippen LogP contribution in [0.2, 0.25) is 0 Å². The molecule has 0 amide bonds. The van der Waals surface area contributed by atoms with Crippen molar-refractivity contribution in [2.75, 3.05) is 31.9 Å². The molecular formula is C20H31N7. The Labute approximate surface area is 161 Å². The molecule has 0 unspecified atom stereocenters. The van der Waals surface area contributed by atoms with Crippen LogP contribution in [0.1, 0.15) is 55.2 Å². The molecule has 4 heterocycles. The van der Waals surface area contributed by atoms with Gasteiger partial charge in [-0.3, -0.25) is 9.80 Å². The van der Waals surface area contributed by atoms with Crippen LogP contribution in [0.25, 0.3) is 0 Å². The first kappa shape index (κ1) is 18.4. The number of aromatic nitrogens is 4. The van der Waals surface area contributed by atoms with Gasteiger partial charge in [0.05, 0.1) is 6.54 Å². The maximum Gasteiger partial charge on any atom is 0.146 e. The molecule has 2 N–H and O–H groups in total. The molecule has 0 aliphatic carbocycles. The molecule has 2 saturated heterocycles. The zero-order valence-electron chi connectivity index (χ0n) is 16.3. The summed E-state index contributed by atoms with van der Waals surface area (Å²) in [7, 11) is 2.14. The summed E-state index contributed by atoms with van der Waals surface area (Å²) >= 11 is 0. The standard InChI is InChI=1S/C20H31N7/c1-25-18(15-26-10-3-2-4-11-26)23-24-20(25)16-7-12-27(13-8-16)14-17-6-5-9-22-19(17)21/h5-6,9,16H,2-4,7-8,10-15H2,1H3,(H2,21,22). The van der Waals surface area contributed by atoms with Gasteiger partial charge in [0, 0.05) is 31.3 Å². The Morgan fingerprint density at radius 3 is 2.48 bits per heavy atom. The molecule has 2 fully saturated rings. The first-order valence-electron chi connectivity index (χ1n) is 10.2. The summed E-state index contributed by atoms with van der Waals surface area (Å²) in [6.45, 7) is 6.32. The minimum absolute atomic E-state index is 0.500. The van der Waals surface area contributed by atoms with Gasteiger partial charge in [0.2, 0.25) is 0 Å². The molecule has 2 aliphatic heterocycles. The molecule has 27 heavy (non-hydrogen) atoms. The van der Waals surface area contributed by atoms with Crippen molar-refractivity contribution in [1.82, 2.24) is 29.5 Å². The Kier molecular flexibility index (Phi) is 5.69. The van der Waals surface area contributed by atoms with Gasteiger partial charge in [-0.15, -0.1) is 10.2 Å². The Hall–Kier alpha value is -1.99. The van der Waals surface area contributed by atoms with Gasteiger partial charge in [0.15, 0.2) is 0 Å². The quantitative estimate of drug-likeness (QED) is 0.870. The van der Waals surface area contributed by atoms with Crippen molar-refractivity contribution < 1.29 is 0 Å². The average molecular weight is 370 g/mol. The van der Waals surface area contributed by atoms with Gasteiger partial charge >= 0.3 is 0 Å². The highest BCUT2D eigenvalue weighted by molar-refractivity contribution is 5.38. The van der Waals surface area contributed by atoms with Gasteiger partial charge in [-0.2, -0.15) is 0 Å². The van der Waals surface area contributed by atoms with E-state index in [9.17, 15) is 0 Å². The second-order valence-corrected chi connectivity index (χ2v) is 7.97. The van der Waals surface area contributed by atoms with Crippen molar-refractivity contribution in [3.8, 4) is 0 Å². The highest BCUT2D eigenvalue weighted by Crippen LogP contribution is 2.28. The lowest BCUT2D eigenvalue weighted by Gasteiger charge is -2.31. The highest BCUT2D eigenvalue weighted by atomic mass is 15.3. The Morgan fingerprint density at radius 1 is 1.00 bits per heavy atom. The van der Waals surface area contributed by atoms with Crippen LogP contribution in [-0.4, -0.2) is 55.7 Å². The second kappa shape index (κ2) is 8.35. The van der Waals surface area contributed by atoms with E-state index in [-0.39, 0.29) is 0 Å². The Morgan fingerprint density at radius 2 is 1.74 bits per heavy atom. The van der Waals surface area contributed by atoms with Crippen molar-refractivity contribution in [2.24, 2.45) is 7.05 Å². The summed E-state index contributed by atoms with van der Waals surface area (Å²) in [6.07, 6.45) is 7.98. The van der Waals surface area contributed by atoms with Crippen LogP contribution in [0, 0.1) is 0 Å². The maximum atomic E-state index is 5.99. The van der Waals surface area contributed by atoms with E-state index < -0.39 is 0 Å². The number of rotatable bonds is 5. The predicted octanol–water partition coefficient (Wildman–Crippen LogP) is 2.16. The van der Waals surface area contributed by atoms with Crippen molar-refractivity contribution in [3.63, 3.8) is 0 Å². The van der Waals surface area contributed by atoms with Gasteiger partial charge in [-0.1, -0.05) is 12.5 Å². The molecule has 2 aromatic heterocycles. The van der Waals surface area contributed by atoms with Crippen LogP contribution in [0.5, 0.6) is 0 Å². The molecular weight excluding hydrogens is 338 g/mol. The molecule has 2 aromatic rings. The first-order chi connectivity index (χ1) is 13.2. The lowest BCUT2D eigenvalue weighted by atomic mass is 9.95. The fourth-order valence-corrected chi connectivity index (χ4v) is 4.36. The fraction of sp³-hybridized carbons (Fsp3) is 0.650. The highest BCUT2D eigenvalue weighted by Gasteiger charge is 2.26. The number of nitrogens with zero attached hydrogens (tertiary/aromatic N) is 6. The van der Waals surface area contributed by atoms with Gasteiger partial charge in [-0.25, -0.2) is 4.98 Å². The summed E-state index contributed by atoms with van der Waals surface area (Å²) in [5.74, 6) is 3.41. The number of pyridine rings is 1. The lowest BCUT2D eigenvalue weighted by molar-refractivity contribution is 0.199. The van der Waals surface area contributed by atoms with E-state index in [1.54, 1.807) is 6.20 Å². The number of hydrogen-bond acceptors (Lipinski definition) is 6. The van der Waals surface area contributed by atoms with Crippen LogP contribution in [-0.2, 0) is 20.1 Å². The largest absolute Gasteiger partial charge is 0.383 e. The maximum absolute atomic E-state index is 5.99. The topological polar surface area (TPSA) is 76.1 Å². The number of piperidine rings is 2. The minimum atomic E-state index is 0.500. The predicted molar refractivity (Wildman–Crippen MR) is 106 cm³/mol. The first-order valence-corrected chi connectivity index (χ1v) is 10.2. The molecule has 0 spiro atoms. The summed E-state index contributed by atoms with van der Waals surface area (Å²) in [5, 5.41) is 9.08. The van der Waals surface area contributed by atoms with E-state index in [2.05, 4.69) is 42.7 Å². The van der Waals surface area contributed by atoms with Crippen molar-refractivity contribution >= 4 is 5.82 Å². The van der Waals surface area contributed by atoms with E-state index in [0.29, 0.717) is 11.7 Å². The molecule has 0 atom stereocenters. The van der Waals surface area contributed by atoms with Crippen molar-refractivity contribution in [1.29, 1.82) is 0 Å². The normalized spacial score (nSPS) is 20.2. The molecule has 2 aliphatic rings. The summed E-state index contributed by atoms with van der Waals surface area (Å²) in [6, 6.07) is 4.03. The average Bonchev–Trinajstić information content (AvgIpc) is 3.05. The van der Waals surface area contributed by atoms with Crippen LogP contribution < -0.4 is 5.73 Å². The fourth-order valence-electron chi connectivity index (χ4n) is 4.36. The monoisotopic (exact) mass is 369 g/mol. The number of likely N-dealkylation sites (tertiary alicyclic amines) is 2. The van der Waals surface area contributed by atoms with Gasteiger partial charge in [-0.05, 0) is 57.9 Å².